The highest BCUT2D eigenvalue weighted by atomic mass is 16.6. The lowest BCUT2D eigenvalue weighted by atomic mass is 10.1. The monoisotopic (exact) mass is 238 g/mol. The van der Waals surface area contributed by atoms with Crippen LogP contribution in [0.15, 0.2) is 12.1 Å². The van der Waals surface area contributed by atoms with Crippen molar-refractivity contribution in [3.63, 3.8) is 0 Å². The molecular formula is C12H18N2O3. The zero-order valence-electron chi connectivity index (χ0n) is 9.98. The summed E-state index contributed by atoms with van der Waals surface area (Å²) >= 11 is 0. The van der Waals surface area contributed by atoms with Crippen molar-refractivity contribution in [2.75, 3.05) is 39.1 Å². The number of likely N-dealkylation sites (N-methyl/N-ethyl adjacent to an activating group) is 1. The minimum absolute atomic E-state index is 0.140. The van der Waals surface area contributed by atoms with E-state index in [4.69, 9.17) is 20.3 Å². The predicted molar refractivity (Wildman–Crippen MR) is 65.3 cm³/mol. The molecule has 0 radical (unpaired) electrons. The van der Waals surface area contributed by atoms with Gasteiger partial charge in [-0.2, -0.15) is 0 Å². The molecule has 1 aliphatic rings. The third-order valence-electron chi connectivity index (χ3n) is 2.73. The van der Waals surface area contributed by atoms with E-state index in [1.54, 1.807) is 6.07 Å². The van der Waals surface area contributed by atoms with Crippen molar-refractivity contribution in [2.45, 2.75) is 6.54 Å². The van der Waals surface area contributed by atoms with Gasteiger partial charge in [0.2, 0.25) is 0 Å². The van der Waals surface area contributed by atoms with Gasteiger partial charge in [0.1, 0.15) is 13.2 Å². The van der Waals surface area contributed by atoms with Crippen LogP contribution in [0.3, 0.4) is 0 Å². The lowest BCUT2D eigenvalue weighted by Gasteiger charge is -2.22. The minimum Gasteiger partial charge on any atom is -0.486 e. The highest BCUT2D eigenvalue weighted by molar-refractivity contribution is 5.58. The van der Waals surface area contributed by atoms with E-state index in [0.717, 1.165) is 11.3 Å². The van der Waals surface area contributed by atoms with Crippen LogP contribution in [0.25, 0.3) is 0 Å². The fourth-order valence-electron chi connectivity index (χ4n) is 1.82. The number of anilines is 1. The predicted octanol–water partition coefficient (Wildman–Crippen LogP) is 0.464. The molecule has 0 saturated carbocycles. The molecule has 0 amide bonds. The van der Waals surface area contributed by atoms with Crippen LogP contribution in [0.2, 0.25) is 0 Å². The van der Waals surface area contributed by atoms with Crippen LogP contribution in [0.4, 0.5) is 5.69 Å². The van der Waals surface area contributed by atoms with E-state index in [0.29, 0.717) is 37.7 Å². The minimum atomic E-state index is 0.140. The van der Waals surface area contributed by atoms with Crippen LogP contribution >= 0.6 is 0 Å². The Morgan fingerprint density at radius 2 is 1.94 bits per heavy atom. The SMILES string of the molecule is CN(CCO)Cc1cc2c(cc1N)OCCO2. The molecule has 5 heteroatoms. The summed E-state index contributed by atoms with van der Waals surface area (Å²) in [6.45, 7) is 2.58. The molecule has 1 heterocycles. The summed E-state index contributed by atoms with van der Waals surface area (Å²) in [4.78, 5) is 2.00. The van der Waals surface area contributed by atoms with Crippen molar-refractivity contribution >= 4 is 5.69 Å². The number of fused-ring (bicyclic) bond motifs is 1. The van der Waals surface area contributed by atoms with Crippen LogP contribution in [0.1, 0.15) is 5.56 Å². The largest absolute Gasteiger partial charge is 0.486 e. The number of nitrogens with zero attached hydrogens (tertiary/aromatic N) is 1. The van der Waals surface area contributed by atoms with Gasteiger partial charge in [-0.1, -0.05) is 0 Å². The molecule has 0 saturated heterocycles. The molecule has 5 nitrogen and oxygen atoms in total. The molecule has 0 spiro atoms. The van der Waals surface area contributed by atoms with Gasteiger partial charge in [0.25, 0.3) is 0 Å². The number of rotatable bonds is 4. The van der Waals surface area contributed by atoms with Crippen molar-refractivity contribution in [3.05, 3.63) is 17.7 Å². The number of hydrogen-bond acceptors (Lipinski definition) is 5. The average Bonchev–Trinajstić information content (AvgIpc) is 2.30. The van der Waals surface area contributed by atoms with Crippen molar-refractivity contribution in [1.29, 1.82) is 0 Å². The molecule has 0 unspecified atom stereocenters. The fourth-order valence-corrected chi connectivity index (χ4v) is 1.82. The van der Waals surface area contributed by atoms with E-state index < -0.39 is 0 Å². The third-order valence-corrected chi connectivity index (χ3v) is 2.73. The molecule has 0 atom stereocenters. The van der Waals surface area contributed by atoms with Crippen LogP contribution in [0.5, 0.6) is 11.5 Å². The van der Waals surface area contributed by atoms with E-state index in [1.807, 2.05) is 18.0 Å². The van der Waals surface area contributed by atoms with Gasteiger partial charge in [0.05, 0.1) is 6.61 Å². The van der Waals surface area contributed by atoms with Gasteiger partial charge in [0.15, 0.2) is 11.5 Å². The maximum atomic E-state index is 8.86. The molecule has 1 aromatic carbocycles. The summed E-state index contributed by atoms with van der Waals surface area (Å²) in [5.74, 6) is 1.46. The van der Waals surface area contributed by atoms with Gasteiger partial charge >= 0.3 is 0 Å². The van der Waals surface area contributed by atoms with Gasteiger partial charge in [-0.05, 0) is 18.7 Å². The molecule has 0 bridgehead atoms. The molecule has 3 N–H and O–H groups in total. The molecule has 17 heavy (non-hydrogen) atoms. The lowest BCUT2D eigenvalue weighted by molar-refractivity contribution is 0.171. The first kappa shape index (κ1) is 12.0. The maximum Gasteiger partial charge on any atom is 0.163 e. The van der Waals surface area contributed by atoms with E-state index in [1.165, 1.54) is 0 Å². The van der Waals surface area contributed by atoms with Gasteiger partial charge in [-0.3, -0.25) is 4.90 Å². The second kappa shape index (κ2) is 5.25. The van der Waals surface area contributed by atoms with Crippen LogP contribution in [-0.4, -0.2) is 43.4 Å². The van der Waals surface area contributed by atoms with Crippen LogP contribution in [-0.2, 0) is 6.54 Å². The molecular weight excluding hydrogens is 220 g/mol. The maximum absolute atomic E-state index is 8.86. The van der Waals surface area contributed by atoms with Crippen molar-refractivity contribution in [3.8, 4) is 11.5 Å². The summed E-state index contributed by atoms with van der Waals surface area (Å²) in [5.41, 5.74) is 7.65. The fraction of sp³-hybridized carbons (Fsp3) is 0.500. The Morgan fingerprint density at radius 3 is 2.59 bits per heavy atom. The highest BCUT2D eigenvalue weighted by Crippen LogP contribution is 2.34. The summed E-state index contributed by atoms with van der Waals surface area (Å²) in [6.07, 6.45) is 0. The Hall–Kier alpha value is -1.46. The number of nitrogen functional groups attached to an aromatic ring is 1. The van der Waals surface area contributed by atoms with E-state index >= 15 is 0 Å². The van der Waals surface area contributed by atoms with E-state index in [9.17, 15) is 0 Å². The quantitative estimate of drug-likeness (QED) is 0.746. The van der Waals surface area contributed by atoms with Crippen LogP contribution < -0.4 is 15.2 Å². The molecule has 2 rings (SSSR count). The van der Waals surface area contributed by atoms with Crippen LogP contribution in [0, 0.1) is 0 Å². The van der Waals surface area contributed by atoms with Crippen molar-refractivity contribution in [1.82, 2.24) is 4.90 Å². The zero-order valence-corrected chi connectivity index (χ0v) is 9.98. The standard InChI is InChI=1S/C12H18N2O3/c1-14(2-3-15)8-9-6-11-12(7-10(9)13)17-5-4-16-11/h6-7,15H,2-5,8,13H2,1H3. The Bertz CT molecular complexity index is 396. The normalized spacial score (nSPS) is 14.1. The summed E-state index contributed by atoms with van der Waals surface area (Å²) < 4.78 is 11.0. The average molecular weight is 238 g/mol. The van der Waals surface area contributed by atoms with Crippen molar-refractivity contribution < 1.29 is 14.6 Å². The molecule has 1 aliphatic heterocycles. The van der Waals surface area contributed by atoms with E-state index in [-0.39, 0.29) is 6.61 Å². The van der Waals surface area contributed by atoms with Gasteiger partial charge in [-0.25, -0.2) is 0 Å². The Labute approximate surface area is 101 Å². The molecule has 0 aliphatic carbocycles. The molecule has 0 aromatic heterocycles. The summed E-state index contributed by atoms with van der Waals surface area (Å²) in [7, 11) is 1.94. The molecule has 94 valence electrons. The second-order valence-electron chi connectivity index (χ2n) is 4.16. The summed E-state index contributed by atoms with van der Waals surface area (Å²) in [5, 5.41) is 8.86. The van der Waals surface area contributed by atoms with Gasteiger partial charge in [-0.15, -0.1) is 0 Å². The van der Waals surface area contributed by atoms with Gasteiger partial charge < -0.3 is 20.3 Å². The van der Waals surface area contributed by atoms with Gasteiger partial charge in [0, 0.05) is 24.8 Å². The lowest BCUT2D eigenvalue weighted by Crippen LogP contribution is -2.22. The Kier molecular flexibility index (Phi) is 3.71. The number of benzene rings is 1. The number of aliphatic hydroxyl groups is 1. The Balaban J connectivity index is 2.16. The topological polar surface area (TPSA) is 68.0 Å². The van der Waals surface area contributed by atoms with Crippen molar-refractivity contribution in [2.24, 2.45) is 0 Å². The number of ether oxygens (including phenoxy) is 2. The summed E-state index contributed by atoms with van der Waals surface area (Å²) in [6, 6.07) is 3.72. The molecule has 1 aromatic rings. The number of hydrogen-bond donors (Lipinski definition) is 2. The number of aliphatic hydroxyl groups excluding tert-OH is 1. The number of nitrogens with two attached hydrogens (primary N) is 1. The first-order valence-corrected chi connectivity index (χ1v) is 5.68. The molecule has 0 fully saturated rings. The second-order valence-corrected chi connectivity index (χ2v) is 4.16. The Morgan fingerprint density at radius 1 is 1.29 bits per heavy atom. The van der Waals surface area contributed by atoms with E-state index in [2.05, 4.69) is 0 Å². The highest BCUT2D eigenvalue weighted by Gasteiger charge is 2.15. The smallest absolute Gasteiger partial charge is 0.163 e. The zero-order chi connectivity index (χ0) is 12.3. The first-order chi connectivity index (χ1) is 8.20. The third kappa shape index (κ3) is 2.81. The first-order valence-electron chi connectivity index (χ1n) is 5.68.